The lowest BCUT2D eigenvalue weighted by atomic mass is 9.87. The van der Waals surface area contributed by atoms with Crippen LogP contribution in [-0.4, -0.2) is 34.0 Å². The number of hydrogen-bond acceptors (Lipinski definition) is 3. The van der Waals surface area contributed by atoms with E-state index in [2.05, 4.69) is 15.5 Å². The molecule has 1 aliphatic heterocycles. The molecule has 3 N–H and O–H groups in total. The van der Waals surface area contributed by atoms with Crippen molar-refractivity contribution < 1.29 is 5.11 Å². The molecule has 1 aromatic heterocycles. The molecule has 4 nitrogen and oxygen atoms in total. The number of rotatable bonds is 2. The average Bonchev–Trinajstić information content (AvgIpc) is 2.60. The van der Waals surface area contributed by atoms with E-state index in [9.17, 15) is 5.11 Å². The molecule has 82 valence electrons. The predicted molar refractivity (Wildman–Crippen MR) is 56.8 cm³/mol. The minimum atomic E-state index is -0.541. The summed E-state index contributed by atoms with van der Waals surface area (Å²) in [7, 11) is 0. The van der Waals surface area contributed by atoms with Gasteiger partial charge in [0, 0.05) is 25.2 Å². The van der Waals surface area contributed by atoms with Crippen LogP contribution in [0.4, 0.5) is 0 Å². The van der Waals surface area contributed by atoms with Crippen LogP contribution in [-0.2, 0) is 19.3 Å². The fourth-order valence-electron chi connectivity index (χ4n) is 2.55. The summed E-state index contributed by atoms with van der Waals surface area (Å²) >= 11 is 0. The van der Waals surface area contributed by atoms with E-state index in [0.29, 0.717) is 19.5 Å². The number of aliphatic hydroxyl groups is 1. The molecule has 0 unspecified atom stereocenters. The van der Waals surface area contributed by atoms with Gasteiger partial charge in [0.05, 0.1) is 11.3 Å². The van der Waals surface area contributed by atoms with Crippen molar-refractivity contribution >= 4 is 0 Å². The van der Waals surface area contributed by atoms with Crippen molar-refractivity contribution in [2.75, 3.05) is 13.1 Å². The standard InChI is InChI=1S/C11H17N3O/c15-11(6-12-7-11)5-10-8-3-1-2-4-9(8)13-14-10/h12,15H,1-7H2,(H,13,14). The Balaban J connectivity index is 1.82. The second kappa shape index (κ2) is 3.32. The summed E-state index contributed by atoms with van der Waals surface area (Å²) in [5.74, 6) is 0. The van der Waals surface area contributed by atoms with Gasteiger partial charge < -0.3 is 10.4 Å². The zero-order valence-electron chi connectivity index (χ0n) is 8.84. The second-order valence-electron chi connectivity index (χ2n) is 4.84. The van der Waals surface area contributed by atoms with Gasteiger partial charge in [-0.05, 0) is 31.2 Å². The quantitative estimate of drug-likeness (QED) is 0.647. The summed E-state index contributed by atoms with van der Waals surface area (Å²) in [6.45, 7) is 1.41. The van der Waals surface area contributed by atoms with Crippen LogP contribution in [0.3, 0.4) is 0 Å². The largest absolute Gasteiger partial charge is 0.387 e. The van der Waals surface area contributed by atoms with Crippen molar-refractivity contribution in [2.45, 2.75) is 37.7 Å². The van der Waals surface area contributed by atoms with Gasteiger partial charge in [-0.1, -0.05) is 0 Å². The highest BCUT2D eigenvalue weighted by Gasteiger charge is 2.36. The Hall–Kier alpha value is -0.870. The van der Waals surface area contributed by atoms with Gasteiger partial charge in [0.2, 0.25) is 0 Å². The Morgan fingerprint density at radius 1 is 1.27 bits per heavy atom. The number of hydrogen-bond donors (Lipinski definition) is 3. The molecule has 0 spiro atoms. The molecule has 0 aromatic carbocycles. The minimum absolute atomic E-state index is 0.541. The first-order valence-corrected chi connectivity index (χ1v) is 5.75. The monoisotopic (exact) mass is 207 g/mol. The van der Waals surface area contributed by atoms with Crippen LogP contribution in [0.5, 0.6) is 0 Å². The van der Waals surface area contributed by atoms with Crippen LogP contribution in [0.2, 0.25) is 0 Å². The van der Waals surface area contributed by atoms with Crippen LogP contribution < -0.4 is 5.32 Å². The zero-order valence-corrected chi connectivity index (χ0v) is 8.84. The number of aromatic nitrogens is 2. The maximum atomic E-state index is 10.1. The molecule has 1 aliphatic carbocycles. The molecular formula is C11H17N3O. The zero-order chi connectivity index (χ0) is 10.3. The molecule has 15 heavy (non-hydrogen) atoms. The van der Waals surface area contributed by atoms with Gasteiger partial charge in [-0.25, -0.2) is 0 Å². The van der Waals surface area contributed by atoms with E-state index < -0.39 is 5.60 Å². The maximum absolute atomic E-state index is 10.1. The minimum Gasteiger partial charge on any atom is -0.387 e. The van der Waals surface area contributed by atoms with E-state index in [-0.39, 0.29) is 0 Å². The van der Waals surface area contributed by atoms with Crippen molar-refractivity contribution in [3.8, 4) is 0 Å². The summed E-state index contributed by atoms with van der Waals surface area (Å²) in [4.78, 5) is 0. The average molecular weight is 207 g/mol. The number of fused-ring (bicyclic) bond motifs is 1. The second-order valence-corrected chi connectivity index (χ2v) is 4.84. The van der Waals surface area contributed by atoms with E-state index in [1.165, 1.54) is 24.1 Å². The number of β-amino-alcohol motifs (C(OH)–C–C–N with tert-alkyl or cyclic N) is 1. The normalized spacial score (nSPS) is 23.3. The number of aryl methyl sites for hydroxylation is 1. The molecule has 2 heterocycles. The van der Waals surface area contributed by atoms with Crippen molar-refractivity contribution in [1.29, 1.82) is 0 Å². The molecule has 1 saturated heterocycles. The van der Waals surface area contributed by atoms with E-state index >= 15 is 0 Å². The molecule has 0 bridgehead atoms. The molecule has 3 rings (SSSR count). The molecule has 1 aromatic rings. The smallest absolute Gasteiger partial charge is 0.0950 e. The van der Waals surface area contributed by atoms with E-state index in [0.717, 1.165) is 18.5 Å². The van der Waals surface area contributed by atoms with Crippen molar-refractivity contribution in [1.82, 2.24) is 15.5 Å². The lowest BCUT2D eigenvalue weighted by Gasteiger charge is -2.37. The highest BCUT2D eigenvalue weighted by molar-refractivity contribution is 5.29. The van der Waals surface area contributed by atoms with Crippen molar-refractivity contribution in [2.24, 2.45) is 0 Å². The SMILES string of the molecule is OC1(Cc2n[nH]c3c2CCCC3)CNC1. The molecule has 2 aliphatic rings. The summed E-state index contributed by atoms with van der Waals surface area (Å²) < 4.78 is 0. The molecule has 4 heteroatoms. The molecule has 0 radical (unpaired) electrons. The lowest BCUT2D eigenvalue weighted by molar-refractivity contribution is -0.01000. The van der Waals surface area contributed by atoms with Crippen LogP contribution in [0.1, 0.15) is 29.8 Å². The third-order valence-electron chi connectivity index (χ3n) is 3.55. The summed E-state index contributed by atoms with van der Waals surface area (Å²) in [6.07, 6.45) is 5.48. The number of nitrogens with one attached hydrogen (secondary N) is 2. The predicted octanol–water partition coefficient (Wildman–Crippen LogP) is 0.165. The molecule has 1 fully saturated rings. The fraction of sp³-hybridized carbons (Fsp3) is 0.727. The third kappa shape index (κ3) is 1.58. The number of aromatic amines is 1. The highest BCUT2D eigenvalue weighted by Crippen LogP contribution is 2.26. The first kappa shape index (κ1) is 9.36. The van der Waals surface area contributed by atoms with Crippen LogP contribution in [0, 0.1) is 0 Å². The first-order valence-electron chi connectivity index (χ1n) is 5.75. The number of H-pyrrole nitrogens is 1. The molecule has 0 saturated carbocycles. The summed E-state index contributed by atoms with van der Waals surface area (Å²) in [6, 6.07) is 0. The van der Waals surface area contributed by atoms with E-state index in [1.807, 2.05) is 0 Å². The Bertz CT molecular complexity index is 368. The maximum Gasteiger partial charge on any atom is 0.0950 e. The summed E-state index contributed by atoms with van der Waals surface area (Å²) in [5.41, 5.74) is 3.22. The van der Waals surface area contributed by atoms with Crippen molar-refractivity contribution in [3.05, 3.63) is 17.0 Å². The van der Waals surface area contributed by atoms with E-state index in [4.69, 9.17) is 0 Å². The Labute approximate surface area is 89.1 Å². The highest BCUT2D eigenvalue weighted by atomic mass is 16.3. The van der Waals surface area contributed by atoms with Gasteiger partial charge in [-0.15, -0.1) is 0 Å². The Morgan fingerprint density at radius 2 is 2.07 bits per heavy atom. The fourth-order valence-corrected chi connectivity index (χ4v) is 2.55. The topological polar surface area (TPSA) is 60.9 Å². The molecule has 0 atom stereocenters. The first-order chi connectivity index (χ1) is 7.27. The van der Waals surface area contributed by atoms with Crippen molar-refractivity contribution in [3.63, 3.8) is 0 Å². The van der Waals surface area contributed by atoms with Crippen LogP contribution in [0.15, 0.2) is 0 Å². The summed E-state index contributed by atoms with van der Waals surface area (Å²) in [5, 5.41) is 20.6. The van der Waals surface area contributed by atoms with Gasteiger partial charge in [0.1, 0.15) is 0 Å². The van der Waals surface area contributed by atoms with Gasteiger partial charge in [0.25, 0.3) is 0 Å². The van der Waals surface area contributed by atoms with Crippen LogP contribution >= 0.6 is 0 Å². The van der Waals surface area contributed by atoms with Gasteiger partial charge in [-0.2, -0.15) is 5.10 Å². The van der Waals surface area contributed by atoms with E-state index in [1.54, 1.807) is 0 Å². The molecule has 0 amide bonds. The van der Waals surface area contributed by atoms with Crippen LogP contribution in [0.25, 0.3) is 0 Å². The van der Waals surface area contributed by atoms with Gasteiger partial charge in [0.15, 0.2) is 0 Å². The lowest BCUT2D eigenvalue weighted by Crippen LogP contribution is -2.60. The van der Waals surface area contributed by atoms with Gasteiger partial charge >= 0.3 is 0 Å². The Morgan fingerprint density at radius 3 is 2.80 bits per heavy atom. The van der Waals surface area contributed by atoms with Gasteiger partial charge in [-0.3, -0.25) is 5.10 Å². The molecular weight excluding hydrogens is 190 g/mol. The Kier molecular flexibility index (Phi) is 2.07. The number of nitrogens with zero attached hydrogens (tertiary/aromatic N) is 1. The third-order valence-corrected chi connectivity index (χ3v) is 3.55.